The van der Waals surface area contributed by atoms with E-state index < -0.39 is 3.79 Å². The number of methoxy groups -OCH3 is 1. The number of ether oxygens (including phenoxy) is 1. The lowest BCUT2D eigenvalue weighted by atomic mass is 10.1. The van der Waals surface area contributed by atoms with Crippen LogP contribution in [0.5, 0.6) is 5.75 Å². The van der Waals surface area contributed by atoms with Crippen molar-refractivity contribution in [3.8, 4) is 5.75 Å². The Morgan fingerprint density at radius 3 is 2.44 bits per heavy atom. The van der Waals surface area contributed by atoms with Crippen molar-refractivity contribution in [3.05, 3.63) is 71.6 Å². The normalized spacial score (nSPS) is 11.3. The van der Waals surface area contributed by atoms with Crippen LogP contribution in [0.25, 0.3) is 0 Å². The number of rotatable bonds is 6. The summed E-state index contributed by atoms with van der Waals surface area (Å²) in [5.74, 6) is 1.59. The van der Waals surface area contributed by atoms with E-state index in [4.69, 9.17) is 39.5 Å². The maximum absolute atomic E-state index is 6.00. The number of hydrogen-bond donors (Lipinski definition) is 1. The van der Waals surface area contributed by atoms with Crippen LogP contribution in [0.15, 0.2) is 48.8 Å². The maximum atomic E-state index is 6.00. The fraction of sp³-hybridized carbons (Fsp3) is 0.222. The average molecular weight is 425 g/mol. The first-order valence-corrected chi connectivity index (χ1v) is 9.16. The fourth-order valence-corrected chi connectivity index (χ4v) is 2.66. The van der Waals surface area contributed by atoms with Crippen LogP contribution in [0.3, 0.4) is 0 Å². The lowest BCUT2D eigenvalue weighted by Crippen LogP contribution is -2.15. The highest BCUT2D eigenvalue weighted by molar-refractivity contribution is 6.66. The summed E-state index contributed by atoms with van der Waals surface area (Å²) in [6, 6.07) is 11.4. The van der Waals surface area contributed by atoms with Gasteiger partial charge in [0.15, 0.2) is 5.82 Å². The van der Waals surface area contributed by atoms with Crippen molar-refractivity contribution >= 4 is 40.8 Å². The Morgan fingerprint density at radius 2 is 1.74 bits per heavy atom. The van der Waals surface area contributed by atoms with E-state index in [0.717, 1.165) is 16.9 Å². The predicted molar refractivity (Wildman–Crippen MR) is 106 cm³/mol. The summed E-state index contributed by atoms with van der Waals surface area (Å²) in [6.07, 6.45) is 3.83. The van der Waals surface area contributed by atoms with Gasteiger partial charge in [0.1, 0.15) is 11.6 Å². The molecule has 3 aromatic rings. The summed E-state index contributed by atoms with van der Waals surface area (Å²) < 4.78 is 3.62. The van der Waals surface area contributed by atoms with Crippen LogP contribution >= 0.6 is 34.8 Å². The molecule has 1 N–H and O–H groups in total. The van der Waals surface area contributed by atoms with Crippen molar-refractivity contribution < 1.29 is 4.74 Å². The quantitative estimate of drug-likeness (QED) is 0.595. The zero-order valence-electron chi connectivity index (χ0n) is 14.4. The molecule has 1 aromatic carbocycles. The number of para-hydroxylation sites is 1. The minimum atomic E-state index is -1.76. The molecule has 0 aliphatic rings. The Hall–Kier alpha value is -2.15. The second kappa shape index (κ2) is 8.69. The zero-order valence-corrected chi connectivity index (χ0v) is 16.6. The Balaban J connectivity index is 1.88. The first-order valence-electron chi connectivity index (χ1n) is 8.02. The van der Waals surface area contributed by atoms with Gasteiger partial charge in [-0.15, -0.1) is 0 Å². The Labute approximate surface area is 171 Å². The molecule has 0 saturated heterocycles. The first-order chi connectivity index (χ1) is 13.0. The molecule has 0 fully saturated rings. The zero-order chi connectivity index (χ0) is 19.3. The molecule has 0 saturated carbocycles. The van der Waals surface area contributed by atoms with Crippen molar-refractivity contribution in [1.29, 1.82) is 0 Å². The van der Waals surface area contributed by atoms with Gasteiger partial charge in [0.2, 0.25) is 9.74 Å². The second-order valence-corrected chi connectivity index (χ2v) is 7.88. The lowest BCUT2D eigenvalue weighted by Gasteiger charge is -2.14. The van der Waals surface area contributed by atoms with Gasteiger partial charge < -0.3 is 10.1 Å². The van der Waals surface area contributed by atoms with Crippen LogP contribution < -0.4 is 10.1 Å². The van der Waals surface area contributed by atoms with Crippen LogP contribution in [-0.2, 0) is 16.8 Å². The van der Waals surface area contributed by atoms with E-state index in [1.54, 1.807) is 19.5 Å². The lowest BCUT2D eigenvalue weighted by molar-refractivity contribution is 0.410. The molecule has 6 nitrogen and oxygen atoms in total. The Kier molecular flexibility index (Phi) is 6.31. The second-order valence-electron chi connectivity index (χ2n) is 5.59. The summed E-state index contributed by atoms with van der Waals surface area (Å²) in [4.78, 5) is 17.0. The molecule has 9 heteroatoms. The molecule has 27 heavy (non-hydrogen) atoms. The molecule has 0 aliphatic heterocycles. The molecule has 0 radical (unpaired) electrons. The van der Waals surface area contributed by atoms with Gasteiger partial charge >= 0.3 is 0 Å². The Morgan fingerprint density at radius 1 is 1.00 bits per heavy atom. The molecule has 2 heterocycles. The van der Waals surface area contributed by atoms with E-state index in [9.17, 15) is 0 Å². The molecule has 0 unspecified atom stereocenters. The van der Waals surface area contributed by atoms with Crippen LogP contribution in [0.1, 0.15) is 22.8 Å². The highest BCUT2D eigenvalue weighted by atomic mass is 35.6. The summed E-state index contributed by atoms with van der Waals surface area (Å²) in [7, 11) is 1.61. The molecule has 140 valence electrons. The summed E-state index contributed by atoms with van der Waals surface area (Å²) in [5, 5.41) is 3.13. The first kappa shape index (κ1) is 19.6. The van der Waals surface area contributed by atoms with Gasteiger partial charge in [-0.3, -0.25) is 4.98 Å². The number of aromatic nitrogens is 4. The number of nitrogens with one attached hydrogen (secondary N) is 1. The molecule has 0 spiro atoms. The summed E-state index contributed by atoms with van der Waals surface area (Å²) in [6.45, 7) is 0.500. The number of halogens is 3. The molecule has 3 rings (SSSR count). The third kappa shape index (κ3) is 5.42. The summed E-state index contributed by atoms with van der Waals surface area (Å²) in [5.41, 5.74) is 1.94. The smallest absolute Gasteiger partial charge is 0.250 e. The molecule has 0 amide bonds. The monoisotopic (exact) mass is 423 g/mol. The molecular weight excluding hydrogens is 409 g/mol. The van der Waals surface area contributed by atoms with Gasteiger partial charge in [-0.05, 0) is 23.8 Å². The fourth-order valence-electron chi connectivity index (χ4n) is 2.41. The van der Waals surface area contributed by atoms with E-state index in [2.05, 4.69) is 25.3 Å². The number of alkyl halides is 3. The number of nitrogens with zero attached hydrogens (tertiary/aromatic N) is 4. The van der Waals surface area contributed by atoms with Crippen LogP contribution in [0, 0.1) is 0 Å². The third-order valence-electron chi connectivity index (χ3n) is 3.68. The minimum absolute atomic E-state index is 0.0598. The molecular formula is C18H16Cl3N5O. The van der Waals surface area contributed by atoms with Gasteiger partial charge in [0, 0.05) is 30.9 Å². The van der Waals surface area contributed by atoms with Crippen molar-refractivity contribution in [2.24, 2.45) is 0 Å². The van der Waals surface area contributed by atoms with Gasteiger partial charge in [0.05, 0.1) is 7.11 Å². The molecule has 0 atom stereocenters. The van der Waals surface area contributed by atoms with Crippen LogP contribution in [0.2, 0.25) is 0 Å². The van der Waals surface area contributed by atoms with Gasteiger partial charge in [-0.25, -0.2) is 4.98 Å². The van der Waals surface area contributed by atoms with E-state index in [-0.39, 0.29) is 5.82 Å². The minimum Gasteiger partial charge on any atom is -0.496 e. The number of pyridine rings is 1. The average Bonchev–Trinajstić information content (AvgIpc) is 2.67. The van der Waals surface area contributed by atoms with E-state index >= 15 is 0 Å². The van der Waals surface area contributed by atoms with E-state index in [1.807, 2.05) is 36.4 Å². The standard InChI is InChI=1S/C18H16Cl3N5O/c1-27-14-5-3-2-4-13(14)10-15-24-16(18(19,20)21)26-17(25-15)23-11-12-6-8-22-9-7-12/h2-9H,10-11H2,1H3,(H,23,24,25,26). The predicted octanol–water partition coefficient (Wildman–Crippen LogP) is 4.30. The van der Waals surface area contributed by atoms with Crippen molar-refractivity contribution in [3.63, 3.8) is 0 Å². The molecule has 0 aliphatic carbocycles. The third-order valence-corrected chi connectivity index (χ3v) is 4.18. The highest BCUT2D eigenvalue weighted by Gasteiger charge is 2.28. The van der Waals surface area contributed by atoms with Gasteiger partial charge in [0.25, 0.3) is 0 Å². The largest absolute Gasteiger partial charge is 0.496 e. The molecule has 0 bridgehead atoms. The van der Waals surface area contributed by atoms with Crippen molar-refractivity contribution in [2.75, 3.05) is 12.4 Å². The maximum Gasteiger partial charge on any atom is 0.250 e. The highest BCUT2D eigenvalue weighted by Crippen LogP contribution is 2.36. The van der Waals surface area contributed by atoms with Crippen molar-refractivity contribution in [2.45, 2.75) is 16.8 Å². The van der Waals surface area contributed by atoms with Gasteiger partial charge in [-0.2, -0.15) is 9.97 Å². The number of anilines is 1. The van der Waals surface area contributed by atoms with E-state index in [0.29, 0.717) is 24.7 Å². The molecule has 2 aromatic heterocycles. The van der Waals surface area contributed by atoms with E-state index in [1.165, 1.54) is 0 Å². The van der Waals surface area contributed by atoms with Crippen LogP contribution in [-0.4, -0.2) is 27.0 Å². The Bertz CT molecular complexity index is 903. The van der Waals surface area contributed by atoms with Gasteiger partial charge in [-0.1, -0.05) is 53.0 Å². The number of benzene rings is 1. The van der Waals surface area contributed by atoms with Crippen molar-refractivity contribution in [1.82, 2.24) is 19.9 Å². The SMILES string of the molecule is COc1ccccc1Cc1nc(NCc2ccncc2)nc(C(Cl)(Cl)Cl)n1. The summed E-state index contributed by atoms with van der Waals surface area (Å²) >= 11 is 18.0. The number of hydrogen-bond acceptors (Lipinski definition) is 6. The topological polar surface area (TPSA) is 72.8 Å². The van der Waals surface area contributed by atoms with Crippen LogP contribution in [0.4, 0.5) is 5.95 Å².